The van der Waals surface area contributed by atoms with Crippen LogP contribution in [0, 0.1) is 0 Å². The first-order valence-corrected chi connectivity index (χ1v) is 11.6. The minimum atomic E-state index is -1.02. The molecular formula is C22H26ClFN8O2. The van der Waals surface area contributed by atoms with E-state index in [-0.39, 0.29) is 28.5 Å². The quantitative estimate of drug-likeness (QED) is 0.489. The molecule has 0 bridgehead atoms. The van der Waals surface area contributed by atoms with E-state index >= 15 is 0 Å². The van der Waals surface area contributed by atoms with Crippen molar-refractivity contribution in [3.63, 3.8) is 0 Å². The van der Waals surface area contributed by atoms with Crippen LogP contribution in [0.5, 0.6) is 0 Å². The van der Waals surface area contributed by atoms with Crippen LogP contribution >= 0.6 is 11.6 Å². The van der Waals surface area contributed by atoms with Crippen LogP contribution in [0.4, 0.5) is 21.7 Å². The Morgan fingerprint density at radius 1 is 1.32 bits per heavy atom. The van der Waals surface area contributed by atoms with Crippen molar-refractivity contribution in [3.05, 3.63) is 45.5 Å². The number of fused-ring (bicyclic) bond motifs is 1. The number of hydrogen-bond donors (Lipinski definition) is 3. The standard InChI is InChI=1S/C22H26ClFN8O2/c1-25-19-8-18(29-20-14(9-26-32(19)20)21(33)28-16-7-15(16)24)27-17-6-12(23)10-31(22(17)34)13-4-3-5-30(2)11-13/h6,8-10,13,15-16,25H,3-5,7,11H2,1-2H3,(H,27,29)(H,28,33)/t13-,15+,16-/m1/s1. The second-order valence-electron chi connectivity index (χ2n) is 8.87. The van der Waals surface area contributed by atoms with Crippen molar-refractivity contribution in [2.45, 2.75) is 37.5 Å². The molecule has 2 aliphatic rings. The third kappa shape index (κ3) is 4.32. The van der Waals surface area contributed by atoms with Gasteiger partial charge in [-0.2, -0.15) is 9.61 Å². The smallest absolute Gasteiger partial charge is 0.274 e. The summed E-state index contributed by atoms with van der Waals surface area (Å²) in [5.74, 6) is 0.448. The molecule has 2 fully saturated rings. The Balaban J connectivity index is 1.49. The maximum atomic E-state index is 13.3. The van der Waals surface area contributed by atoms with Crippen LogP contribution in [-0.4, -0.2) is 69.4 Å². The minimum absolute atomic E-state index is 0.0284. The predicted octanol–water partition coefficient (Wildman–Crippen LogP) is 2.44. The van der Waals surface area contributed by atoms with Gasteiger partial charge in [0.15, 0.2) is 5.65 Å². The zero-order chi connectivity index (χ0) is 24.0. The van der Waals surface area contributed by atoms with Gasteiger partial charge < -0.3 is 25.4 Å². The highest BCUT2D eigenvalue weighted by atomic mass is 35.5. The van der Waals surface area contributed by atoms with Crippen molar-refractivity contribution in [1.82, 2.24) is 29.4 Å². The number of rotatable bonds is 6. The van der Waals surface area contributed by atoms with E-state index < -0.39 is 18.1 Å². The molecule has 0 aromatic carbocycles. The molecule has 0 radical (unpaired) electrons. The molecular weight excluding hydrogens is 463 g/mol. The van der Waals surface area contributed by atoms with Gasteiger partial charge >= 0.3 is 0 Å². The summed E-state index contributed by atoms with van der Waals surface area (Å²) in [5, 5.41) is 13.4. The van der Waals surface area contributed by atoms with Crippen molar-refractivity contribution >= 4 is 40.5 Å². The molecule has 1 aliphatic carbocycles. The largest absolute Gasteiger partial charge is 0.373 e. The molecule has 180 valence electrons. The zero-order valence-electron chi connectivity index (χ0n) is 18.9. The van der Waals surface area contributed by atoms with Crippen LogP contribution in [0.3, 0.4) is 0 Å². The summed E-state index contributed by atoms with van der Waals surface area (Å²) in [5.41, 5.74) is 0.571. The van der Waals surface area contributed by atoms with Gasteiger partial charge in [-0.25, -0.2) is 9.37 Å². The highest BCUT2D eigenvalue weighted by Gasteiger charge is 2.39. The summed E-state index contributed by atoms with van der Waals surface area (Å²) in [7, 11) is 3.75. The molecule has 10 nitrogen and oxygen atoms in total. The van der Waals surface area contributed by atoms with Crippen LogP contribution in [0.25, 0.3) is 5.65 Å². The molecule has 34 heavy (non-hydrogen) atoms. The van der Waals surface area contributed by atoms with Crippen molar-refractivity contribution in [3.8, 4) is 0 Å². The summed E-state index contributed by atoms with van der Waals surface area (Å²) < 4.78 is 16.4. The van der Waals surface area contributed by atoms with Gasteiger partial charge in [0.25, 0.3) is 11.5 Å². The molecule has 12 heteroatoms. The number of alkyl halides is 1. The summed E-state index contributed by atoms with van der Waals surface area (Å²) in [6.45, 7) is 1.77. The molecule has 1 amide bonds. The highest BCUT2D eigenvalue weighted by molar-refractivity contribution is 6.30. The normalized spacial score (nSPS) is 22.5. The molecule has 3 atom stereocenters. The summed E-state index contributed by atoms with van der Waals surface area (Å²) in [6, 6.07) is 2.80. The van der Waals surface area contributed by atoms with Crippen molar-refractivity contribution < 1.29 is 9.18 Å². The summed E-state index contributed by atoms with van der Waals surface area (Å²) in [6.07, 6.45) is 4.26. The first-order chi connectivity index (χ1) is 16.3. The van der Waals surface area contributed by atoms with Crippen LogP contribution < -0.4 is 21.5 Å². The fourth-order valence-corrected chi connectivity index (χ4v) is 4.57. The maximum absolute atomic E-state index is 13.3. The van der Waals surface area contributed by atoms with E-state index in [0.717, 1.165) is 25.9 Å². The number of nitrogens with one attached hydrogen (secondary N) is 3. The van der Waals surface area contributed by atoms with Gasteiger partial charge in [-0.15, -0.1) is 0 Å². The zero-order valence-corrected chi connectivity index (χ0v) is 19.6. The molecule has 5 rings (SSSR count). The van der Waals surface area contributed by atoms with Gasteiger partial charge in [0, 0.05) is 38.3 Å². The Morgan fingerprint density at radius 3 is 2.82 bits per heavy atom. The molecule has 1 saturated heterocycles. The van der Waals surface area contributed by atoms with Gasteiger partial charge in [-0.05, 0) is 32.5 Å². The Morgan fingerprint density at radius 2 is 2.12 bits per heavy atom. The lowest BCUT2D eigenvalue weighted by Gasteiger charge is -2.31. The highest BCUT2D eigenvalue weighted by Crippen LogP contribution is 2.27. The van der Waals surface area contributed by atoms with Crippen LogP contribution in [0.2, 0.25) is 5.02 Å². The fourth-order valence-electron chi connectivity index (χ4n) is 4.36. The van der Waals surface area contributed by atoms with Gasteiger partial charge in [0.05, 0.1) is 17.3 Å². The third-order valence-electron chi connectivity index (χ3n) is 6.27. The van der Waals surface area contributed by atoms with E-state index in [1.807, 2.05) is 7.05 Å². The monoisotopic (exact) mass is 488 g/mol. The number of hydrogen-bond acceptors (Lipinski definition) is 7. The number of anilines is 3. The van der Waals surface area contributed by atoms with Gasteiger partial charge in [-0.1, -0.05) is 11.6 Å². The lowest BCUT2D eigenvalue weighted by atomic mass is 10.1. The Hall–Kier alpha value is -3.18. The second-order valence-corrected chi connectivity index (χ2v) is 9.31. The van der Waals surface area contributed by atoms with Crippen LogP contribution in [0.15, 0.2) is 29.3 Å². The van der Waals surface area contributed by atoms with E-state index in [9.17, 15) is 14.0 Å². The number of pyridine rings is 1. The number of amides is 1. The van der Waals surface area contributed by atoms with Gasteiger partial charge in [0.2, 0.25) is 0 Å². The number of likely N-dealkylation sites (tertiary alicyclic amines) is 1. The SMILES string of the molecule is CNc1cc(Nc2cc(Cl)cn([C@@H]3CCCN(C)C3)c2=O)nc2c(C(=O)N[C@@H]3C[C@@H]3F)cnn12. The first kappa shape index (κ1) is 22.6. The number of piperidine rings is 1. The van der Waals surface area contributed by atoms with Crippen molar-refractivity contribution in [2.75, 3.05) is 37.8 Å². The second kappa shape index (κ2) is 8.88. The predicted molar refractivity (Wildman–Crippen MR) is 128 cm³/mol. The average molecular weight is 489 g/mol. The van der Waals surface area contributed by atoms with Gasteiger partial charge in [0.1, 0.15) is 29.1 Å². The van der Waals surface area contributed by atoms with E-state index in [1.54, 1.807) is 29.9 Å². The lowest BCUT2D eigenvalue weighted by molar-refractivity contribution is 0.0949. The Kier molecular flexibility index (Phi) is 5.90. The first-order valence-electron chi connectivity index (χ1n) is 11.2. The molecule has 3 N–H and O–H groups in total. The van der Waals surface area contributed by atoms with Gasteiger partial charge in [-0.3, -0.25) is 9.59 Å². The van der Waals surface area contributed by atoms with Crippen LogP contribution in [0.1, 0.15) is 35.7 Å². The molecule has 1 aliphatic heterocycles. The van der Waals surface area contributed by atoms with Crippen LogP contribution in [-0.2, 0) is 0 Å². The number of carbonyl (C=O) groups is 1. The Labute approximate surface area is 200 Å². The van der Waals surface area contributed by atoms with Crippen molar-refractivity contribution in [1.29, 1.82) is 0 Å². The molecule has 3 aromatic heterocycles. The van der Waals surface area contributed by atoms with Crippen molar-refractivity contribution in [2.24, 2.45) is 0 Å². The molecule has 4 heterocycles. The van der Waals surface area contributed by atoms with E-state index in [1.165, 1.54) is 10.7 Å². The fraction of sp³-hybridized carbons (Fsp3) is 0.455. The molecule has 0 spiro atoms. The van der Waals surface area contributed by atoms with E-state index in [2.05, 4.69) is 30.9 Å². The number of halogens is 2. The minimum Gasteiger partial charge on any atom is -0.373 e. The molecule has 0 unspecified atom stereocenters. The molecule has 1 saturated carbocycles. The average Bonchev–Trinajstić information content (AvgIpc) is 3.32. The third-order valence-corrected chi connectivity index (χ3v) is 6.47. The Bertz CT molecular complexity index is 1310. The van der Waals surface area contributed by atoms with E-state index in [4.69, 9.17) is 11.6 Å². The summed E-state index contributed by atoms with van der Waals surface area (Å²) in [4.78, 5) is 32.7. The number of likely N-dealkylation sites (N-methyl/N-ethyl adjacent to an activating group) is 1. The van der Waals surface area contributed by atoms with E-state index in [0.29, 0.717) is 23.1 Å². The lowest BCUT2D eigenvalue weighted by Crippen LogP contribution is -2.38. The maximum Gasteiger partial charge on any atom is 0.274 e. The molecule has 3 aromatic rings. The number of carbonyl (C=O) groups excluding carboxylic acids is 1. The topological polar surface area (TPSA) is 109 Å². The number of aromatic nitrogens is 4. The number of nitrogens with zero attached hydrogens (tertiary/aromatic N) is 5. The summed E-state index contributed by atoms with van der Waals surface area (Å²) >= 11 is 6.37.